The molecule has 1 atom stereocenters. The van der Waals surface area contributed by atoms with E-state index in [1.165, 1.54) is 12.1 Å². The lowest BCUT2D eigenvalue weighted by Gasteiger charge is -2.22. The van der Waals surface area contributed by atoms with Crippen molar-refractivity contribution in [1.82, 2.24) is 10.6 Å². The summed E-state index contributed by atoms with van der Waals surface area (Å²) in [6.07, 6.45) is 0.968. The molecule has 0 saturated carbocycles. The number of aliphatic imine (C=N–C) groups is 1. The third kappa shape index (κ3) is 6.35. The van der Waals surface area contributed by atoms with Gasteiger partial charge in [0.25, 0.3) is 0 Å². The van der Waals surface area contributed by atoms with Crippen molar-refractivity contribution in [2.24, 2.45) is 4.99 Å². The maximum absolute atomic E-state index is 13.6. The Kier molecular flexibility index (Phi) is 9.41. The molecule has 6 nitrogen and oxygen atoms in total. The second-order valence-electron chi connectivity index (χ2n) is 6.67. The predicted molar refractivity (Wildman–Crippen MR) is 125 cm³/mol. The third-order valence-corrected chi connectivity index (χ3v) is 4.72. The normalized spacial score (nSPS) is 16.1. The van der Waals surface area contributed by atoms with Crippen LogP contribution in [0.4, 0.5) is 14.5 Å². The Labute approximate surface area is 192 Å². The van der Waals surface area contributed by atoms with E-state index < -0.39 is 11.6 Å². The summed E-state index contributed by atoms with van der Waals surface area (Å²) in [6.45, 7) is 2.40. The second-order valence-corrected chi connectivity index (χ2v) is 6.67. The molecule has 30 heavy (non-hydrogen) atoms. The molecular formula is C21H27F2IN4O2. The summed E-state index contributed by atoms with van der Waals surface area (Å²) in [5, 5.41) is 6.55. The van der Waals surface area contributed by atoms with Gasteiger partial charge in [-0.2, -0.15) is 0 Å². The largest absolute Gasteiger partial charge is 0.495 e. The molecule has 1 heterocycles. The topological polar surface area (TPSA) is 58.1 Å². The first-order chi connectivity index (χ1) is 14.1. The Morgan fingerprint density at radius 1 is 1.20 bits per heavy atom. The Morgan fingerprint density at radius 3 is 2.73 bits per heavy atom. The van der Waals surface area contributed by atoms with Crippen LogP contribution in [0.5, 0.6) is 11.5 Å². The van der Waals surface area contributed by atoms with Crippen molar-refractivity contribution < 1.29 is 18.3 Å². The van der Waals surface area contributed by atoms with Crippen LogP contribution in [-0.2, 0) is 0 Å². The molecule has 0 bridgehead atoms. The van der Waals surface area contributed by atoms with E-state index in [-0.39, 0.29) is 42.4 Å². The molecule has 1 saturated heterocycles. The highest BCUT2D eigenvalue weighted by molar-refractivity contribution is 14.0. The quantitative estimate of drug-likeness (QED) is 0.248. The number of anilines is 1. The number of benzene rings is 2. The number of nitrogens with zero attached hydrogens (tertiary/aromatic N) is 2. The van der Waals surface area contributed by atoms with E-state index in [2.05, 4.69) is 26.6 Å². The number of methoxy groups -OCH3 is 1. The van der Waals surface area contributed by atoms with Crippen LogP contribution in [0.25, 0.3) is 0 Å². The van der Waals surface area contributed by atoms with E-state index in [1.54, 1.807) is 14.2 Å². The number of hydrogen-bond donors (Lipinski definition) is 2. The molecule has 2 N–H and O–H groups in total. The van der Waals surface area contributed by atoms with E-state index in [0.29, 0.717) is 12.5 Å². The molecule has 0 amide bonds. The van der Waals surface area contributed by atoms with E-state index in [0.717, 1.165) is 37.0 Å². The lowest BCUT2D eigenvalue weighted by atomic mass is 10.2. The van der Waals surface area contributed by atoms with Gasteiger partial charge in [-0.3, -0.25) is 4.99 Å². The smallest absolute Gasteiger partial charge is 0.191 e. The first kappa shape index (κ1) is 24.0. The highest BCUT2D eigenvalue weighted by atomic mass is 127. The van der Waals surface area contributed by atoms with E-state index in [4.69, 9.17) is 9.47 Å². The average molecular weight is 532 g/mol. The number of ether oxygens (including phenoxy) is 2. The average Bonchev–Trinajstić information content (AvgIpc) is 3.19. The van der Waals surface area contributed by atoms with Gasteiger partial charge in [-0.15, -0.1) is 24.0 Å². The molecular weight excluding hydrogens is 505 g/mol. The van der Waals surface area contributed by atoms with Crippen molar-refractivity contribution >= 4 is 35.6 Å². The number of guanidine groups is 1. The molecule has 0 spiro atoms. The van der Waals surface area contributed by atoms with Crippen molar-refractivity contribution in [2.45, 2.75) is 12.5 Å². The zero-order chi connectivity index (χ0) is 20.6. The molecule has 1 unspecified atom stereocenters. The van der Waals surface area contributed by atoms with Gasteiger partial charge in [-0.05, 0) is 30.7 Å². The number of hydrogen-bond acceptors (Lipinski definition) is 4. The molecule has 164 valence electrons. The van der Waals surface area contributed by atoms with Crippen molar-refractivity contribution in [1.29, 1.82) is 0 Å². The summed E-state index contributed by atoms with van der Waals surface area (Å²) < 4.78 is 37.3. The van der Waals surface area contributed by atoms with Crippen LogP contribution < -0.4 is 25.0 Å². The van der Waals surface area contributed by atoms with Crippen molar-refractivity contribution in [2.75, 3.05) is 45.3 Å². The van der Waals surface area contributed by atoms with Crippen LogP contribution in [0.3, 0.4) is 0 Å². The van der Waals surface area contributed by atoms with Crippen LogP contribution in [0.15, 0.2) is 47.5 Å². The molecule has 3 rings (SSSR count). The number of nitrogens with one attached hydrogen (secondary N) is 2. The summed E-state index contributed by atoms with van der Waals surface area (Å²) >= 11 is 0. The summed E-state index contributed by atoms with van der Waals surface area (Å²) in [7, 11) is 3.37. The van der Waals surface area contributed by atoms with Crippen LogP contribution >= 0.6 is 24.0 Å². The maximum atomic E-state index is 13.6. The minimum Gasteiger partial charge on any atom is -0.495 e. The van der Waals surface area contributed by atoms with Gasteiger partial charge in [0.05, 0.1) is 19.3 Å². The van der Waals surface area contributed by atoms with E-state index in [9.17, 15) is 8.78 Å². The molecule has 1 aliphatic rings. The highest BCUT2D eigenvalue weighted by Crippen LogP contribution is 2.30. The molecule has 2 aromatic carbocycles. The van der Waals surface area contributed by atoms with Crippen LogP contribution in [0.2, 0.25) is 0 Å². The predicted octanol–water partition coefficient (Wildman–Crippen LogP) is 3.41. The zero-order valence-electron chi connectivity index (χ0n) is 17.0. The standard InChI is InChI=1S/C21H26F2N4O2.HI/c1-24-21(25-10-12-29-19-8-7-15(22)13-17(19)23)26-16-9-11-27(14-16)18-5-3-4-6-20(18)28-2;/h3-8,13,16H,9-12,14H2,1-2H3,(H2,24,25,26);1H. The molecule has 9 heteroatoms. The Hall–Kier alpha value is -2.30. The first-order valence-corrected chi connectivity index (χ1v) is 9.53. The van der Waals surface area contributed by atoms with Crippen LogP contribution in [0.1, 0.15) is 6.42 Å². The van der Waals surface area contributed by atoms with Crippen LogP contribution in [0, 0.1) is 11.6 Å². The van der Waals surface area contributed by atoms with Gasteiger partial charge in [0, 0.05) is 32.2 Å². The number of para-hydroxylation sites is 2. The van der Waals surface area contributed by atoms with Gasteiger partial charge in [-0.1, -0.05) is 12.1 Å². The number of rotatable bonds is 7. The van der Waals surface area contributed by atoms with Gasteiger partial charge in [0.2, 0.25) is 0 Å². The summed E-state index contributed by atoms with van der Waals surface area (Å²) in [5.41, 5.74) is 1.08. The van der Waals surface area contributed by atoms with Crippen molar-refractivity contribution in [3.05, 3.63) is 54.1 Å². The highest BCUT2D eigenvalue weighted by Gasteiger charge is 2.25. The summed E-state index contributed by atoms with van der Waals surface area (Å²) in [4.78, 5) is 6.51. The molecule has 1 fully saturated rings. The molecule has 0 aliphatic carbocycles. The fourth-order valence-corrected chi connectivity index (χ4v) is 3.30. The first-order valence-electron chi connectivity index (χ1n) is 9.53. The minimum absolute atomic E-state index is 0. The zero-order valence-corrected chi connectivity index (χ0v) is 19.4. The Balaban J connectivity index is 0.00000320. The summed E-state index contributed by atoms with van der Waals surface area (Å²) in [6, 6.07) is 11.5. The van der Waals surface area contributed by atoms with Crippen molar-refractivity contribution in [3.63, 3.8) is 0 Å². The monoisotopic (exact) mass is 532 g/mol. The Bertz CT molecular complexity index is 854. The summed E-state index contributed by atoms with van der Waals surface area (Å²) in [5.74, 6) is 0.200. The molecule has 2 aromatic rings. The molecule has 1 aliphatic heterocycles. The molecule has 0 radical (unpaired) electrons. The lowest BCUT2D eigenvalue weighted by molar-refractivity contribution is 0.304. The SMILES string of the molecule is CN=C(NCCOc1ccc(F)cc1F)NC1CCN(c2ccccc2OC)C1.I. The number of halogens is 3. The fraction of sp³-hybridized carbons (Fsp3) is 0.381. The van der Waals surface area contributed by atoms with E-state index in [1.807, 2.05) is 18.2 Å². The minimum atomic E-state index is -0.713. The lowest BCUT2D eigenvalue weighted by Crippen LogP contribution is -2.45. The van der Waals surface area contributed by atoms with Crippen LogP contribution in [-0.4, -0.2) is 52.4 Å². The Morgan fingerprint density at radius 2 is 2.00 bits per heavy atom. The molecule has 0 aromatic heterocycles. The second kappa shape index (κ2) is 11.8. The van der Waals surface area contributed by atoms with Gasteiger partial charge < -0.3 is 25.0 Å². The van der Waals surface area contributed by atoms with Gasteiger partial charge in [0.15, 0.2) is 17.5 Å². The fourth-order valence-electron chi connectivity index (χ4n) is 3.30. The maximum Gasteiger partial charge on any atom is 0.191 e. The van der Waals surface area contributed by atoms with Crippen molar-refractivity contribution in [3.8, 4) is 11.5 Å². The van der Waals surface area contributed by atoms with Gasteiger partial charge in [-0.25, -0.2) is 8.78 Å². The van der Waals surface area contributed by atoms with Gasteiger partial charge in [0.1, 0.15) is 18.2 Å². The third-order valence-electron chi connectivity index (χ3n) is 4.72. The van der Waals surface area contributed by atoms with E-state index >= 15 is 0 Å². The van der Waals surface area contributed by atoms with Gasteiger partial charge >= 0.3 is 0 Å².